The molecule has 2 aromatic rings. The predicted octanol–water partition coefficient (Wildman–Crippen LogP) is 0.978. The third kappa shape index (κ3) is 4.13. The zero-order valence-electron chi connectivity index (χ0n) is 11.5. The Labute approximate surface area is 121 Å². The number of aryl methyl sites for hydroxylation is 1. The fraction of sp³-hybridized carbons (Fsp3) is 0.286. The lowest BCUT2D eigenvalue weighted by Crippen LogP contribution is -2.28. The van der Waals surface area contributed by atoms with E-state index in [0.29, 0.717) is 30.2 Å². The number of carbonyl (C=O) groups excluding carboxylic acids is 1. The molecule has 110 valence electrons. The summed E-state index contributed by atoms with van der Waals surface area (Å²) in [7, 11) is 0. The Bertz CT molecular complexity index is 651. The molecule has 0 saturated heterocycles. The van der Waals surface area contributed by atoms with E-state index < -0.39 is 5.97 Å². The van der Waals surface area contributed by atoms with Crippen LogP contribution in [0.25, 0.3) is 0 Å². The molecule has 1 amide bonds. The molecular weight excluding hydrogens is 274 g/mol. The van der Waals surface area contributed by atoms with Crippen LogP contribution in [0.5, 0.6) is 0 Å². The average molecular weight is 289 g/mol. The molecular formula is C14H15N3O4. The minimum absolute atomic E-state index is 0.0216. The molecule has 7 heteroatoms. The number of aromatic nitrogens is 2. The average Bonchev–Trinajstić information content (AvgIpc) is 2.85. The van der Waals surface area contributed by atoms with Crippen LogP contribution in [-0.4, -0.2) is 33.7 Å². The number of nitrogens with zero attached hydrogens (tertiary/aromatic N) is 2. The molecule has 0 aliphatic rings. The molecule has 21 heavy (non-hydrogen) atoms. The van der Waals surface area contributed by atoms with Gasteiger partial charge in [-0.05, 0) is 11.6 Å². The number of hydrogen-bond acceptors (Lipinski definition) is 5. The van der Waals surface area contributed by atoms with Gasteiger partial charge in [-0.15, -0.1) is 0 Å². The van der Waals surface area contributed by atoms with Crippen LogP contribution < -0.4 is 5.32 Å². The zero-order valence-corrected chi connectivity index (χ0v) is 11.5. The van der Waals surface area contributed by atoms with E-state index in [-0.39, 0.29) is 17.9 Å². The van der Waals surface area contributed by atoms with Crippen LogP contribution in [0.1, 0.15) is 27.6 Å². The van der Waals surface area contributed by atoms with E-state index in [2.05, 4.69) is 15.5 Å². The summed E-state index contributed by atoms with van der Waals surface area (Å²) in [5.74, 6) is -0.282. The van der Waals surface area contributed by atoms with Gasteiger partial charge < -0.3 is 14.9 Å². The number of carboxylic acids is 1. The van der Waals surface area contributed by atoms with Gasteiger partial charge in [0.25, 0.3) is 0 Å². The van der Waals surface area contributed by atoms with Gasteiger partial charge in [0.2, 0.25) is 11.8 Å². The molecule has 0 atom stereocenters. The van der Waals surface area contributed by atoms with E-state index >= 15 is 0 Å². The Balaban J connectivity index is 1.86. The van der Waals surface area contributed by atoms with Gasteiger partial charge in [-0.1, -0.05) is 23.4 Å². The molecule has 0 fully saturated rings. The van der Waals surface area contributed by atoms with Crippen LogP contribution in [0.2, 0.25) is 0 Å². The van der Waals surface area contributed by atoms with Crippen LogP contribution in [-0.2, 0) is 17.6 Å². The number of benzene rings is 1. The fourth-order valence-corrected chi connectivity index (χ4v) is 1.88. The van der Waals surface area contributed by atoms with Crippen molar-refractivity contribution in [3.05, 3.63) is 47.1 Å². The number of rotatable bonds is 6. The maximum absolute atomic E-state index is 11.8. The van der Waals surface area contributed by atoms with Crippen LogP contribution >= 0.6 is 0 Å². The maximum Gasteiger partial charge on any atom is 0.335 e. The Hall–Kier alpha value is -2.70. The van der Waals surface area contributed by atoms with Crippen molar-refractivity contribution in [2.75, 3.05) is 6.54 Å². The lowest BCUT2D eigenvalue weighted by atomic mass is 10.0. The lowest BCUT2D eigenvalue weighted by Gasteiger charge is -2.06. The Morgan fingerprint density at radius 2 is 2.10 bits per heavy atom. The monoisotopic (exact) mass is 289 g/mol. The summed E-state index contributed by atoms with van der Waals surface area (Å²) in [5, 5.41) is 15.5. The highest BCUT2D eigenvalue weighted by atomic mass is 16.5. The molecule has 7 nitrogen and oxygen atoms in total. The Morgan fingerprint density at radius 1 is 1.33 bits per heavy atom. The van der Waals surface area contributed by atoms with Gasteiger partial charge >= 0.3 is 5.97 Å². The summed E-state index contributed by atoms with van der Waals surface area (Å²) >= 11 is 0. The van der Waals surface area contributed by atoms with Gasteiger partial charge in [-0.3, -0.25) is 4.79 Å². The first kappa shape index (κ1) is 14.7. The van der Waals surface area contributed by atoms with Crippen molar-refractivity contribution in [1.82, 2.24) is 15.5 Å². The molecule has 0 aliphatic carbocycles. The number of carboxylic acid groups (broad SMARTS) is 1. The summed E-state index contributed by atoms with van der Waals surface area (Å²) in [6, 6.07) is 6.44. The summed E-state index contributed by atoms with van der Waals surface area (Å²) in [5.41, 5.74) is 0.624. The normalized spacial score (nSPS) is 10.3. The molecule has 0 aliphatic heterocycles. The third-order valence-corrected chi connectivity index (χ3v) is 2.84. The van der Waals surface area contributed by atoms with E-state index in [0.717, 1.165) is 0 Å². The van der Waals surface area contributed by atoms with Crippen LogP contribution in [0.4, 0.5) is 0 Å². The predicted molar refractivity (Wildman–Crippen MR) is 72.9 cm³/mol. The highest BCUT2D eigenvalue weighted by Crippen LogP contribution is 2.09. The summed E-state index contributed by atoms with van der Waals surface area (Å²) in [6.45, 7) is 2.06. The number of hydrogen-bond donors (Lipinski definition) is 2. The second-order valence-electron chi connectivity index (χ2n) is 4.47. The minimum atomic E-state index is -1.04. The first-order valence-corrected chi connectivity index (χ1v) is 6.43. The molecule has 0 spiro atoms. The highest BCUT2D eigenvalue weighted by Gasteiger charge is 2.12. The molecule has 0 radical (unpaired) electrons. The quantitative estimate of drug-likeness (QED) is 0.821. The highest BCUT2D eigenvalue weighted by molar-refractivity contribution is 5.91. The molecule has 0 unspecified atom stereocenters. The second kappa shape index (κ2) is 6.65. The van der Waals surface area contributed by atoms with Crippen molar-refractivity contribution in [2.24, 2.45) is 0 Å². The molecule has 1 aromatic heterocycles. The molecule has 2 rings (SSSR count). The fourth-order valence-electron chi connectivity index (χ4n) is 1.88. The van der Waals surface area contributed by atoms with E-state index in [1.54, 1.807) is 25.1 Å². The Morgan fingerprint density at radius 3 is 2.76 bits per heavy atom. The maximum atomic E-state index is 11.8. The SMILES string of the molecule is Cc1nc(CCNC(=O)Cc2ccccc2C(=O)O)no1. The van der Waals surface area contributed by atoms with Gasteiger partial charge in [-0.2, -0.15) is 4.98 Å². The summed E-state index contributed by atoms with van der Waals surface area (Å²) in [4.78, 5) is 26.9. The van der Waals surface area contributed by atoms with Crippen molar-refractivity contribution in [1.29, 1.82) is 0 Å². The number of nitrogens with one attached hydrogen (secondary N) is 1. The number of aromatic carboxylic acids is 1. The van der Waals surface area contributed by atoms with E-state index in [1.807, 2.05) is 0 Å². The van der Waals surface area contributed by atoms with E-state index in [4.69, 9.17) is 9.63 Å². The van der Waals surface area contributed by atoms with Gasteiger partial charge in [0.05, 0.1) is 12.0 Å². The largest absolute Gasteiger partial charge is 0.478 e. The van der Waals surface area contributed by atoms with Gasteiger partial charge in [0.1, 0.15) is 0 Å². The number of amides is 1. The molecule has 1 heterocycles. The van der Waals surface area contributed by atoms with Crippen molar-refractivity contribution in [3.63, 3.8) is 0 Å². The number of carbonyl (C=O) groups is 2. The third-order valence-electron chi connectivity index (χ3n) is 2.84. The van der Waals surface area contributed by atoms with Gasteiger partial charge in [0, 0.05) is 19.9 Å². The molecule has 2 N–H and O–H groups in total. The first-order valence-electron chi connectivity index (χ1n) is 6.43. The van der Waals surface area contributed by atoms with Crippen molar-refractivity contribution < 1.29 is 19.2 Å². The van der Waals surface area contributed by atoms with Crippen molar-refractivity contribution in [3.8, 4) is 0 Å². The zero-order chi connectivity index (χ0) is 15.2. The second-order valence-corrected chi connectivity index (χ2v) is 4.47. The minimum Gasteiger partial charge on any atom is -0.478 e. The van der Waals surface area contributed by atoms with E-state index in [1.165, 1.54) is 6.07 Å². The van der Waals surface area contributed by atoms with Crippen molar-refractivity contribution in [2.45, 2.75) is 19.8 Å². The first-order chi connectivity index (χ1) is 10.1. The standard InChI is InChI=1S/C14H15N3O4/c1-9-16-12(17-21-9)6-7-15-13(18)8-10-4-2-3-5-11(10)14(19)20/h2-5H,6-8H2,1H3,(H,15,18)(H,19,20). The van der Waals surface area contributed by atoms with E-state index in [9.17, 15) is 9.59 Å². The smallest absolute Gasteiger partial charge is 0.335 e. The van der Waals surface area contributed by atoms with Gasteiger partial charge in [-0.25, -0.2) is 4.79 Å². The topological polar surface area (TPSA) is 105 Å². The van der Waals surface area contributed by atoms with Crippen LogP contribution in [0.15, 0.2) is 28.8 Å². The molecule has 0 bridgehead atoms. The van der Waals surface area contributed by atoms with Crippen LogP contribution in [0, 0.1) is 6.92 Å². The lowest BCUT2D eigenvalue weighted by molar-refractivity contribution is -0.120. The summed E-state index contributed by atoms with van der Waals surface area (Å²) < 4.78 is 4.82. The summed E-state index contributed by atoms with van der Waals surface area (Å²) in [6.07, 6.45) is 0.484. The Kier molecular flexibility index (Phi) is 4.65. The molecule has 1 aromatic carbocycles. The van der Waals surface area contributed by atoms with Crippen LogP contribution in [0.3, 0.4) is 0 Å². The van der Waals surface area contributed by atoms with Crippen molar-refractivity contribution >= 4 is 11.9 Å². The van der Waals surface area contributed by atoms with Gasteiger partial charge in [0.15, 0.2) is 5.82 Å². The molecule has 0 saturated carbocycles.